The Labute approximate surface area is 200 Å². The molecule has 0 unspecified atom stereocenters. The minimum absolute atomic E-state index is 0.172. The molecule has 2 heterocycles. The third-order valence-electron chi connectivity index (χ3n) is 6.12. The first kappa shape index (κ1) is 23.4. The lowest BCUT2D eigenvalue weighted by molar-refractivity contribution is -0.134. The zero-order chi connectivity index (χ0) is 23.2. The first-order valence-electron chi connectivity index (χ1n) is 11.7. The molecular formula is C26H32N4O2S. The Hall–Kier alpha value is -2.80. The molecule has 1 aromatic heterocycles. The van der Waals surface area contributed by atoms with Gasteiger partial charge in [0.2, 0.25) is 5.91 Å². The number of likely N-dealkylation sites (tertiary alicyclic amines) is 1. The standard InChI is InChI=1S/C26H32N4O2S/c1-4-32-23-15-13-22(14-16-23)30-24(17-21-11-6-5-7-12-21)27-28-26(30)33-18-25(31)29-19(2)9-8-10-20(29)3/h5-7,11-16,19-20H,4,8-10,17-18H2,1-3H3/t19-,20-/m0/s1. The highest BCUT2D eigenvalue weighted by molar-refractivity contribution is 7.99. The molecule has 1 fully saturated rings. The van der Waals surface area contributed by atoms with Crippen LogP contribution in [0.25, 0.3) is 5.69 Å². The SMILES string of the molecule is CCOc1ccc(-n2c(Cc3ccccc3)nnc2SCC(=O)N2[C@@H](C)CCC[C@@H]2C)cc1. The third-order valence-corrected chi connectivity index (χ3v) is 7.03. The van der Waals surface area contributed by atoms with Gasteiger partial charge in [-0.15, -0.1) is 10.2 Å². The Morgan fingerprint density at radius 3 is 2.39 bits per heavy atom. The van der Waals surface area contributed by atoms with Crippen molar-refractivity contribution >= 4 is 17.7 Å². The van der Waals surface area contributed by atoms with Crippen molar-refractivity contribution in [2.75, 3.05) is 12.4 Å². The van der Waals surface area contributed by atoms with Crippen molar-refractivity contribution in [3.63, 3.8) is 0 Å². The van der Waals surface area contributed by atoms with Gasteiger partial charge in [-0.2, -0.15) is 0 Å². The van der Waals surface area contributed by atoms with Crippen LogP contribution in [-0.4, -0.2) is 50.0 Å². The molecule has 1 amide bonds. The molecule has 1 aliphatic heterocycles. The van der Waals surface area contributed by atoms with E-state index in [0.717, 1.165) is 35.3 Å². The van der Waals surface area contributed by atoms with Crippen molar-refractivity contribution in [1.29, 1.82) is 0 Å². The van der Waals surface area contributed by atoms with E-state index in [4.69, 9.17) is 4.74 Å². The van der Waals surface area contributed by atoms with Crippen LogP contribution < -0.4 is 4.74 Å². The van der Waals surface area contributed by atoms with Gasteiger partial charge in [0.05, 0.1) is 12.4 Å². The lowest BCUT2D eigenvalue weighted by Crippen LogP contribution is -2.48. The van der Waals surface area contributed by atoms with Crippen LogP contribution in [-0.2, 0) is 11.2 Å². The molecule has 2 atom stereocenters. The van der Waals surface area contributed by atoms with Crippen molar-refractivity contribution < 1.29 is 9.53 Å². The number of rotatable bonds is 8. The van der Waals surface area contributed by atoms with Gasteiger partial charge in [-0.3, -0.25) is 9.36 Å². The fourth-order valence-corrected chi connectivity index (χ4v) is 5.36. The normalized spacial score (nSPS) is 18.3. The molecule has 2 aromatic carbocycles. The fourth-order valence-electron chi connectivity index (χ4n) is 4.52. The Bertz CT molecular complexity index is 1040. The van der Waals surface area contributed by atoms with Crippen LogP contribution in [0, 0.1) is 0 Å². The van der Waals surface area contributed by atoms with Gasteiger partial charge in [-0.25, -0.2) is 0 Å². The van der Waals surface area contributed by atoms with Gasteiger partial charge < -0.3 is 9.64 Å². The monoisotopic (exact) mass is 464 g/mol. The Morgan fingerprint density at radius 2 is 1.73 bits per heavy atom. The number of nitrogens with zero attached hydrogens (tertiary/aromatic N) is 4. The predicted octanol–water partition coefficient (Wildman–Crippen LogP) is 5.14. The minimum Gasteiger partial charge on any atom is -0.494 e. The summed E-state index contributed by atoms with van der Waals surface area (Å²) >= 11 is 1.46. The third kappa shape index (κ3) is 5.58. The highest BCUT2D eigenvalue weighted by Gasteiger charge is 2.29. The number of hydrogen-bond acceptors (Lipinski definition) is 5. The first-order chi connectivity index (χ1) is 16.1. The molecule has 4 rings (SSSR count). The van der Waals surface area contributed by atoms with E-state index in [9.17, 15) is 4.79 Å². The van der Waals surface area contributed by atoms with Gasteiger partial charge in [0.1, 0.15) is 11.6 Å². The fraction of sp³-hybridized carbons (Fsp3) is 0.423. The second kappa shape index (κ2) is 10.9. The number of piperidine rings is 1. The summed E-state index contributed by atoms with van der Waals surface area (Å²) in [6.45, 7) is 6.90. The Kier molecular flexibility index (Phi) is 7.70. The number of hydrogen-bond donors (Lipinski definition) is 0. The van der Waals surface area contributed by atoms with Gasteiger partial charge in [0.25, 0.3) is 0 Å². The van der Waals surface area contributed by atoms with Gasteiger partial charge in [-0.1, -0.05) is 42.1 Å². The van der Waals surface area contributed by atoms with Crippen molar-refractivity contribution in [2.45, 2.75) is 63.7 Å². The van der Waals surface area contributed by atoms with Gasteiger partial charge >= 0.3 is 0 Å². The van der Waals surface area contributed by atoms with Gasteiger partial charge in [0.15, 0.2) is 5.16 Å². The molecule has 0 saturated carbocycles. The maximum Gasteiger partial charge on any atom is 0.233 e. The van der Waals surface area contributed by atoms with E-state index in [1.807, 2.05) is 49.4 Å². The molecule has 6 nitrogen and oxygen atoms in total. The predicted molar refractivity (Wildman–Crippen MR) is 132 cm³/mol. The molecule has 174 valence electrons. The first-order valence-corrected chi connectivity index (χ1v) is 12.7. The van der Waals surface area contributed by atoms with Crippen LogP contribution in [0.2, 0.25) is 0 Å². The van der Waals surface area contributed by atoms with E-state index in [-0.39, 0.29) is 5.91 Å². The van der Waals surface area contributed by atoms with Gasteiger partial charge in [-0.05, 0) is 69.9 Å². The van der Waals surface area contributed by atoms with E-state index in [2.05, 4.69) is 45.6 Å². The second-order valence-electron chi connectivity index (χ2n) is 8.54. The number of thioether (sulfide) groups is 1. The molecule has 1 saturated heterocycles. The van der Waals surface area contributed by atoms with Crippen LogP contribution in [0.5, 0.6) is 5.75 Å². The Balaban J connectivity index is 1.58. The lowest BCUT2D eigenvalue weighted by Gasteiger charge is -2.39. The molecule has 0 radical (unpaired) electrons. The van der Waals surface area contributed by atoms with Crippen LogP contribution in [0.4, 0.5) is 0 Å². The molecule has 0 spiro atoms. The number of aromatic nitrogens is 3. The summed E-state index contributed by atoms with van der Waals surface area (Å²) in [6, 6.07) is 18.8. The largest absolute Gasteiger partial charge is 0.494 e. The van der Waals surface area contributed by atoms with E-state index in [0.29, 0.717) is 30.9 Å². The molecule has 3 aromatic rings. The minimum atomic E-state index is 0.172. The summed E-state index contributed by atoms with van der Waals surface area (Å²) in [7, 11) is 0. The quantitative estimate of drug-likeness (QED) is 0.432. The zero-order valence-corrected chi connectivity index (χ0v) is 20.4. The van der Waals surface area contributed by atoms with Crippen molar-refractivity contribution in [1.82, 2.24) is 19.7 Å². The molecule has 0 bridgehead atoms. The van der Waals surface area contributed by atoms with Crippen LogP contribution in [0.1, 0.15) is 51.4 Å². The van der Waals surface area contributed by atoms with Crippen LogP contribution in [0.15, 0.2) is 59.8 Å². The molecule has 0 N–H and O–H groups in total. The van der Waals surface area contributed by atoms with Gasteiger partial charge in [0, 0.05) is 24.2 Å². The summed E-state index contributed by atoms with van der Waals surface area (Å²) in [5.41, 5.74) is 2.13. The zero-order valence-electron chi connectivity index (χ0n) is 19.6. The van der Waals surface area contributed by atoms with Crippen molar-refractivity contribution in [3.8, 4) is 11.4 Å². The molecule has 7 heteroatoms. The average Bonchev–Trinajstić information content (AvgIpc) is 3.21. The van der Waals surface area contributed by atoms with Crippen molar-refractivity contribution in [2.24, 2.45) is 0 Å². The summed E-state index contributed by atoms with van der Waals surface area (Å²) in [5, 5.41) is 9.71. The van der Waals surface area contributed by atoms with E-state index in [1.165, 1.54) is 23.7 Å². The maximum atomic E-state index is 13.1. The topological polar surface area (TPSA) is 60.2 Å². The molecule has 1 aliphatic rings. The van der Waals surface area contributed by atoms with E-state index < -0.39 is 0 Å². The number of ether oxygens (including phenoxy) is 1. The second-order valence-corrected chi connectivity index (χ2v) is 9.48. The smallest absolute Gasteiger partial charge is 0.233 e. The van der Waals surface area contributed by atoms with Crippen LogP contribution in [0.3, 0.4) is 0 Å². The average molecular weight is 465 g/mol. The van der Waals surface area contributed by atoms with E-state index >= 15 is 0 Å². The molecule has 33 heavy (non-hydrogen) atoms. The highest BCUT2D eigenvalue weighted by Crippen LogP contribution is 2.28. The number of carbonyl (C=O) groups is 1. The van der Waals surface area contributed by atoms with Crippen molar-refractivity contribution in [3.05, 3.63) is 66.0 Å². The Morgan fingerprint density at radius 1 is 1.03 bits per heavy atom. The van der Waals surface area contributed by atoms with E-state index in [1.54, 1.807) is 0 Å². The maximum absolute atomic E-state index is 13.1. The number of amides is 1. The summed E-state index contributed by atoms with van der Waals surface area (Å²) in [4.78, 5) is 15.1. The molecular weight excluding hydrogens is 432 g/mol. The number of carbonyl (C=O) groups excluding carboxylic acids is 1. The molecule has 0 aliphatic carbocycles. The summed E-state index contributed by atoms with van der Waals surface area (Å²) < 4.78 is 7.66. The summed E-state index contributed by atoms with van der Waals surface area (Å²) in [5.74, 6) is 2.21. The highest BCUT2D eigenvalue weighted by atomic mass is 32.2. The summed E-state index contributed by atoms with van der Waals surface area (Å²) in [6.07, 6.45) is 4.00. The number of benzene rings is 2. The van der Waals surface area contributed by atoms with Crippen LogP contribution >= 0.6 is 11.8 Å². The lowest BCUT2D eigenvalue weighted by atomic mass is 9.98.